The number of rotatable bonds is 8. The van der Waals surface area contributed by atoms with E-state index in [1.165, 1.54) is 44.9 Å². The smallest absolute Gasteiger partial charge is 0.00720 e. The number of unbranched alkanes of at least 4 members (excludes halogenated alkanes) is 1. The second kappa shape index (κ2) is 7.37. The van der Waals surface area contributed by atoms with Crippen molar-refractivity contribution in [3.05, 3.63) is 0 Å². The molecule has 0 aromatic rings. The molecule has 0 spiro atoms. The fourth-order valence-corrected chi connectivity index (χ4v) is 2.29. The summed E-state index contributed by atoms with van der Waals surface area (Å²) in [5, 5.41) is 0. The van der Waals surface area contributed by atoms with Crippen molar-refractivity contribution in [2.45, 2.75) is 65.7 Å². The van der Waals surface area contributed by atoms with Crippen LogP contribution in [0.3, 0.4) is 0 Å². The Bertz CT molecular complexity index is 104. The Hall–Kier alpha value is -0.0400. The quantitative estimate of drug-likeness (QED) is 0.613. The summed E-state index contributed by atoms with van der Waals surface area (Å²) in [5.74, 6) is 0. The van der Waals surface area contributed by atoms with E-state index in [4.69, 9.17) is 5.73 Å². The molecule has 1 heteroatoms. The normalized spacial score (nSPS) is 15.7. The molecule has 0 aromatic heterocycles. The third-order valence-corrected chi connectivity index (χ3v) is 3.27. The highest BCUT2D eigenvalue weighted by molar-refractivity contribution is 4.77. The van der Waals surface area contributed by atoms with E-state index in [9.17, 15) is 0 Å². The van der Waals surface area contributed by atoms with Crippen LogP contribution < -0.4 is 5.73 Å². The molecular formula is C12H27N. The molecule has 0 saturated carbocycles. The Balaban J connectivity index is 4.07. The monoisotopic (exact) mass is 185 g/mol. The number of hydrogen-bond acceptors (Lipinski definition) is 1. The third-order valence-electron chi connectivity index (χ3n) is 3.27. The molecule has 1 nitrogen and oxygen atoms in total. The summed E-state index contributed by atoms with van der Waals surface area (Å²) in [4.78, 5) is 0. The lowest BCUT2D eigenvalue weighted by Gasteiger charge is -2.32. The van der Waals surface area contributed by atoms with Gasteiger partial charge in [-0.25, -0.2) is 0 Å². The van der Waals surface area contributed by atoms with Gasteiger partial charge >= 0.3 is 0 Å². The van der Waals surface area contributed by atoms with E-state index >= 15 is 0 Å². The van der Waals surface area contributed by atoms with E-state index in [1.54, 1.807) is 0 Å². The molecule has 0 radical (unpaired) electrons. The number of hydrogen-bond donors (Lipinski definition) is 1. The van der Waals surface area contributed by atoms with Crippen LogP contribution in [0.4, 0.5) is 0 Å². The van der Waals surface area contributed by atoms with Crippen molar-refractivity contribution in [2.75, 3.05) is 6.54 Å². The first-order valence-electron chi connectivity index (χ1n) is 5.94. The summed E-state index contributed by atoms with van der Waals surface area (Å²) in [6.45, 7) is 7.74. The Kier molecular flexibility index (Phi) is 7.35. The maximum Gasteiger partial charge on any atom is -0.00720 e. The molecule has 0 heterocycles. The molecule has 0 aliphatic rings. The summed E-state index contributed by atoms with van der Waals surface area (Å²) in [6.07, 6.45) is 9.25. The molecule has 0 saturated heterocycles. The van der Waals surface area contributed by atoms with Gasteiger partial charge in [0.15, 0.2) is 0 Å². The van der Waals surface area contributed by atoms with Gasteiger partial charge in [0.25, 0.3) is 0 Å². The first-order valence-corrected chi connectivity index (χ1v) is 5.94. The SMILES string of the molecule is CCCCC(CC)(CCC)CCN. The van der Waals surface area contributed by atoms with Crippen molar-refractivity contribution < 1.29 is 0 Å². The van der Waals surface area contributed by atoms with Crippen LogP contribution in [0.15, 0.2) is 0 Å². The minimum atomic E-state index is 0.569. The third kappa shape index (κ3) is 4.66. The Labute approximate surface area is 84.1 Å². The van der Waals surface area contributed by atoms with Gasteiger partial charge in [-0.15, -0.1) is 0 Å². The van der Waals surface area contributed by atoms with Crippen molar-refractivity contribution in [3.8, 4) is 0 Å². The predicted molar refractivity (Wildman–Crippen MR) is 60.8 cm³/mol. The highest BCUT2D eigenvalue weighted by Crippen LogP contribution is 2.37. The van der Waals surface area contributed by atoms with Gasteiger partial charge in [-0.1, -0.05) is 46.5 Å². The Morgan fingerprint density at radius 1 is 0.923 bits per heavy atom. The zero-order chi connectivity index (χ0) is 10.2. The Morgan fingerprint density at radius 3 is 2.00 bits per heavy atom. The van der Waals surface area contributed by atoms with Crippen LogP contribution in [-0.2, 0) is 0 Å². The fraction of sp³-hybridized carbons (Fsp3) is 1.00. The first kappa shape index (κ1) is 13.0. The van der Waals surface area contributed by atoms with E-state index in [1.807, 2.05) is 0 Å². The molecule has 0 aliphatic carbocycles. The largest absolute Gasteiger partial charge is 0.330 e. The number of nitrogens with two attached hydrogens (primary N) is 1. The van der Waals surface area contributed by atoms with Gasteiger partial charge in [0.05, 0.1) is 0 Å². The van der Waals surface area contributed by atoms with Gasteiger partial charge in [-0.05, 0) is 31.2 Å². The average molecular weight is 185 g/mol. The molecule has 0 aliphatic heterocycles. The summed E-state index contributed by atoms with van der Waals surface area (Å²) in [5.41, 5.74) is 6.26. The van der Waals surface area contributed by atoms with E-state index in [0.29, 0.717) is 5.41 Å². The fourth-order valence-electron chi connectivity index (χ4n) is 2.29. The van der Waals surface area contributed by atoms with E-state index in [0.717, 1.165) is 6.54 Å². The van der Waals surface area contributed by atoms with Gasteiger partial charge in [0, 0.05) is 0 Å². The molecule has 0 bridgehead atoms. The predicted octanol–water partition coefficient (Wildman–Crippen LogP) is 3.72. The Morgan fingerprint density at radius 2 is 1.62 bits per heavy atom. The molecule has 0 rings (SSSR count). The second-order valence-electron chi connectivity index (χ2n) is 4.25. The van der Waals surface area contributed by atoms with Crippen LogP contribution in [0.2, 0.25) is 0 Å². The lowest BCUT2D eigenvalue weighted by Crippen LogP contribution is -2.23. The van der Waals surface area contributed by atoms with Crippen LogP contribution in [-0.4, -0.2) is 6.54 Å². The molecular weight excluding hydrogens is 158 g/mol. The van der Waals surface area contributed by atoms with Crippen molar-refractivity contribution in [1.82, 2.24) is 0 Å². The van der Waals surface area contributed by atoms with Gasteiger partial charge in [0.2, 0.25) is 0 Å². The van der Waals surface area contributed by atoms with E-state index in [-0.39, 0.29) is 0 Å². The molecule has 1 atom stereocenters. The first-order chi connectivity index (χ1) is 6.24. The van der Waals surface area contributed by atoms with Gasteiger partial charge in [-0.2, -0.15) is 0 Å². The average Bonchev–Trinajstić information content (AvgIpc) is 2.15. The molecule has 2 N–H and O–H groups in total. The van der Waals surface area contributed by atoms with Gasteiger partial charge in [0.1, 0.15) is 0 Å². The highest BCUT2D eigenvalue weighted by atomic mass is 14.5. The summed E-state index contributed by atoms with van der Waals surface area (Å²) < 4.78 is 0. The van der Waals surface area contributed by atoms with Crippen LogP contribution in [0.1, 0.15) is 65.7 Å². The standard InChI is InChI=1S/C12H27N/c1-4-7-9-12(6-3,8-5-2)10-11-13/h4-11,13H2,1-3H3. The molecule has 1 unspecified atom stereocenters. The van der Waals surface area contributed by atoms with Gasteiger partial charge < -0.3 is 5.73 Å². The lowest BCUT2D eigenvalue weighted by molar-refractivity contribution is 0.204. The lowest BCUT2D eigenvalue weighted by atomic mass is 9.74. The van der Waals surface area contributed by atoms with Crippen molar-refractivity contribution in [1.29, 1.82) is 0 Å². The molecule has 80 valence electrons. The highest BCUT2D eigenvalue weighted by Gasteiger charge is 2.25. The van der Waals surface area contributed by atoms with Crippen LogP contribution >= 0.6 is 0 Å². The zero-order valence-electron chi connectivity index (χ0n) is 9.73. The summed E-state index contributed by atoms with van der Waals surface area (Å²) >= 11 is 0. The van der Waals surface area contributed by atoms with Crippen LogP contribution in [0, 0.1) is 5.41 Å². The van der Waals surface area contributed by atoms with Crippen LogP contribution in [0.5, 0.6) is 0 Å². The van der Waals surface area contributed by atoms with Crippen LogP contribution in [0.25, 0.3) is 0 Å². The molecule has 13 heavy (non-hydrogen) atoms. The second-order valence-corrected chi connectivity index (χ2v) is 4.25. The topological polar surface area (TPSA) is 26.0 Å². The maximum absolute atomic E-state index is 5.69. The minimum absolute atomic E-state index is 0.569. The minimum Gasteiger partial charge on any atom is -0.330 e. The maximum atomic E-state index is 5.69. The summed E-state index contributed by atoms with van der Waals surface area (Å²) in [6, 6.07) is 0. The van der Waals surface area contributed by atoms with E-state index < -0.39 is 0 Å². The van der Waals surface area contributed by atoms with E-state index in [2.05, 4.69) is 20.8 Å². The molecule has 0 aromatic carbocycles. The zero-order valence-corrected chi connectivity index (χ0v) is 9.73. The van der Waals surface area contributed by atoms with Crippen molar-refractivity contribution >= 4 is 0 Å². The molecule has 0 amide bonds. The summed E-state index contributed by atoms with van der Waals surface area (Å²) in [7, 11) is 0. The molecule has 0 fully saturated rings. The van der Waals surface area contributed by atoms with Crippen molar-refractivity contribution in [3.63, 3.8) is 0 Å². The van der Waals surface area contributed by atoms with Crippen molar-refractivity contribution in [2.24, 2.45) is 11.1 Å². The van der Waals surface area contributed by atoms with Gasteiger partial charge in [-0.3, -0.25) is 0 Å².